The van der Waals surface area contributed by atoms with Gasteiger partial charge in [-0.2, -0.15) is 19.3 Å². The average Bonchev–Trinajstić information content (AvgIpc) is 3.61. The van der Waals surface area contributed by atoms with Crippen LogP contribution in [-0.4, -0.2) is 60.0 Å². The van der Waals surface area contributed by atoms with E-state index in [1.807, 2.05) is 50.2 Å². The molecule has 6 rings (SSSR count). The summed E-state index contributed by atoms with van der Waals surface area (Å²) in [6.07, 6.45) is 11.0. The summed E-state index contributed by atoms with van der Waals surface area (Å²) in [5.41, 5.74) is 6.11. The average molecular weight is 592 g/mol. The fraction of sp³-hybridized carbons (Fsp3) is 0.250. The summed E-state index contributed by atoms with van der Waals surface area (Å²) < 4.78 is 8.30. The Hall–Kier alpha value is -4.21. The van der Waals surface area contributed by atoms with Gasteiger partial charge in [-0.25, -0.2) is 9.50 Å². The van der Waals surface area contributed by atoms with Crippen LogP contribution in [-0.2, 0) is 24.5 Å². The molecule has 5 aromatic rings. The van der Waals surface area contributed by atoms with Crippen molar-refractivity contribution in [1.29, 1.82) is 5.26 Å². The third kappa shape index (κ3) is 6.26. The van der Waals surface area contributed by atoms with Gasteiger partial charge in [0.1, 0.15) is 11.9 Å². The molecule has 5 aromatic heterocycles. The van der Waals surface area contributed by atoms with Crippen molar-refractivity contribution in [3.63, 3.8) is 0 Å². The molecule has 41 heavy (non-hydrogen) atoms. The number of pyridine rings is 3. The number of piperazine rings is 1. The highest BCUT2D eigenvalue weighted by Crippen LogP contribution is 2.32. The van der Waals surface area contributed by atoms with Crippen LogP contribution in [0.5, 0.6) is 0 Å². The van der Waals surface area contributed by atoms with Crippen molar-refractivity contribution in [1.82, 2.24) is 33.8 Å². The fourth-order valence-corrected chi connectivity index (χ4v) is 4.97. The number of hydrogen-bond acceptors (Lipinski definition) is 8. The number of anilines is 1. The van der Waals surface area contributed by atoms with Crippen LogP contribution in [0, 0.1) is 11.3 Å². The highest BCUT2D eigenvalue weighted by Gasteiger charge is 2.19. The molecule has 11 nitrogen and oxygen atoms in total. The molecule has 1 aliphatic heterocycles. The Morgan fingerprint density at radius 2 is 1.73 bits per heavy atom. The van der Waals surface area contributed by atoms with E-state index in [0.717, 1.165) is 71.9 Å². The van der Waals surface area contributed by atoms with Gasteiger partial charge >= 0.3 is 0 Å². The van der Waals surface area contributed by atoms with E-state index in [1.54, 1.807) is 33.1 Å². The van der Waals surface area contributed by atoms with Crippen molar-refractivity contribution in [3.8, 4) is 28.3 Å². The summed E-state index contributed by atoms with van der Waals surface area (Å²) >= 11 is 8.53. The maximum absolute atomic E-state index is 11.9. The number of nitriles is 1. The minimum atomic E-state index is 0.0199. The standard InChI is InChI=1S/C28H27N9O.Cl2O/c1-33-6-5-20(11-27(33)38)17-35-7-9-36(10-8-35)26-4-3-21(14-30-26)25-12-22(24-16-31-34(2)18-24)19-37-28(25)23(13-29)15-32-37;1-3-2/h3-6,11-12,14-16,18-19H,7-10,17H2,1-2H3;. The molecule has 0 aliphatic carbocycles. The normalized spacial score (nSPS) is 13.6. The quantitative estimate of drug-likeness (QED) is 0.301. The first-order valence-electron chi connectivity index (χ1n) is 12.8. The van der Waals surface area contributed by atoms with Crippen molar-refractivity contribution in [3.05, 3.63) is 89.0 Å². The molecule has 0 N–H and O–H groups in total. The van der Waals surface area contributed by atoms with Crippen molar-refractivity contribution < 1.29 is 3.84 Å². The molecule has 0 atom stereocenters. The number of aromatic nitrogens is 6. The van der Waals surface area contributed by atoms with Gasteiger partial charge in [0.2, 0.25) is 0 Å². The highest BCUT2D eigenvalue weighted by atomic mass is 35.6. The Bertz CT molecular complexity index is 1750. The lowest BCUT2D eigenvalue weighted by Gasteiger charge is -2.35. The zero-order chi connectivity index (χ0) is 28.9. The maximum Gasteiger partial charge on any atom is 0.250 e. The summed E-state index contributed by atoms with van der Waals surface area (Å²) in [5, 5.41) is 18.4. The topological polar surface area (TPSA) is 110 Å². The number of hydrogen-bond donors (Lipinski definition) is 0. The van der Waals surface area contributed by atoms with E-state index in [-0.39, 0.29) is 5.56 Å². The Labute approximate surface area is 246 Å². The van der Waals surface area contributed by atoms with Crippen molar-refractivity contribution in [2.24, 2.45) is 14.1 Å². The third-order valence-electron chi connectivity index (χ3n) is 7.10. The lowest BCUT2D eigenvalue weighted by molar-refractivity contribution is 0.249. The molecule has 6 heterocycles. The smallest absolute Gasteiger partial charge is 0.250 e. The predicted molar refractivity (Wildman–Crippen MR) is 157 cm³/mol. The van der Waals surface area contributed by atoms with Gasteiger partial charge in [0.05, 0.1) is 47.2 Å². The summed E-state index contributed by atoms with van der Waals surface area (Å²) in [5.74, 6) is 0.926. The van der Waals surface area contributed by atoms with E-state index in [1.165, 1.54) is 0 Å². The van der Waals surface area contributed by atoms with E-state index in [2.05, 4.69) is 65.8 Å². The molecule has 0 aromatic carbocycles. The molecule has 0 bridgehead atoms. The molecule has 0 saturated carbocycles. The summed E-state index contributed by atoms with van der Waals surface area (Å²) in [4.78, 5) is 21.4. The number of halogens is 2. The second-order valence-electron chi connectivity index (χ2n) is 9.72. The Morgan fingerprint density at radius 1 is 0.951 bits per heavy atom. The molecular weight excluding hydrogens is 565 g/mol. The van der Waals surface area contributed by atoms with Crippen LogP contribution >= 0.6 is 23.7 Å². The molecule has 210 valence electrons. The largest absolute Gasteiger partial charge is 0.354 e. The van der Waals surface area contributed by atoms with Crippen LogP contribution in [0.25, 0.3) is 27.8 Å². The van der Waals surface area contributed by atoms with Gasteiger partial charge in [0, 0.05) is 99.9 Å². The van der Waals surface area contributed by atoms with Gasteiger partial charge < -0.3 is 9.47 Å². The first-order valence-corrected chi connectivity index (χ1v) is 13.4. The van der Waals surface area contributed by atoms with E-state index >= 15 is 0 Å². The van der Waals surface area contributed by atoms with Gasteiger partial charge in [-0.05, 0) is 29.8 Å². The molecule has 1 aliphatic rings. The minimum absolute atomic E-state index is 0.0199. The number of aryl methyl sites for hydroxylation is 2. The summed E-state index contributed by atoms with van der Waals surface area (Å²) in [6, 6.07) is 12.2. The molecule has 0 unspecified atom stereocenters. The van der Waals surface area contributed by atoms with Gasteiger partial charge in [-0.15, -0.1) is 0 Å². The first-order chi connectivity index (χ1) is 19.9. The van der Waals surface area contributed by atoms with Crippen LogP contribution in [0.4, 0.5) is 5.82 Å². The number of fused-ring (bicyclic) bond motifs is 1. The van der Waals surface area contributed by atoms with Crippen LogP contribution in [0.2, 0.25) is 0 Å². The Morgan fingerprint density at radius 3 is 2.37 bits per heavy atom. The van der Waals surface area contributed by atoms with Crippen LogP contribution in [0.15, 0.2) is 72.3 Å². The molecule has 1 fully saturated rings. The fourth-order valence-electron chi connectivity index (χ4n) is 4.97. The van der Waals surface area contributed by atoms with Gasteiger partial charge in [-0.1, -0.05) is 0 Å². The van der Waals surface area contributed by atoms with Gasteiger partial charge in [0.15, 0.2) is 0 Å². The lowest BCUT2D eigenvalue weighted by Crippen LogP contribution is -2.46. The van der Waals surface area contributed by atoms with Crippen molar-refractivity contribution >= 4 is 35.1 Å². The molecule has 0 amide bonds. The van der Waals surface area contributed by atoms with Gasteiger partial charge in [-0.3, -0.25) is 14.4 Å². The SMILES string of the molecule is ClOCl.Cn1cc(-c2cc(-c3ccc(N4CCN(Cc5ccn(C)c(=O)c5)CC4)nc3)c3c(C#N)cnn3c2)cn1. The Balaban J connectivity index is 0.00000108. The van der Waals surface area contributed by atoms with Crippen molar-refractivity contribution in [2.45, 2.75) is 6.54 Å². The van der Waals surface area contributed by atoms with Crippen molar-refractivity contribution in [2.75, 3.05) is 31.1 Å². The van der Waals surface area contributed by atoms with Crippen LogP contribution in [0.3, 0.4) is 0 Å². The third-order valence-corrected chi connectivity index (χ3v) is 7.10. The van der Waals surface area contributed by atoms with Gasteiger partial charge in [0.25, 0.3) is 5.56 Å². The van der Waals surface area contributed by atoms with E-state index in [9.17, 15) is 10.1 Å². The lowest BCUT2D eigenvalue weighted by atomic mass is 10.0. The van der Waals surface area contributed by atoms with Crippen LogP contribution in [0.1, 0.15) is 11.1 Å². The maximum atomic E-state index is 11.9. The zero-order valence-corrected chi connectivity index (χ0v) is 24.0. The summed E-state index contributed by atoms with van der Waals surface area (Å²) in [6.45, 7) is 4.28. The van der Waals surface area contributed by atoms with E-state index in [0.29, 0.717) is 5.56 Å². The zero-order valence-electron chi connectivity index (χ0n) is 22.5. The van der Waals surface area contributed by atoms with E-state index in [4.69, 9.17) is 4.98 Å². The highest BCUT2D eigenvalue weighted by molar-refractivity contribution is 6.24. The molecule has 13 heteroatoms. The second-order valence-corrected chi connectivity index (χ2v) is 10.2. The molecular formula is C28H27Cl2N9O2. The Kier molecular flexibility index (Phi) is 8.66. The minimum Gasteiger partial charge on any atom is -0.354 e. The summed E-state index contributed by atoms with van der Waals surface area (Å²) in [7, 11) is 3.65. The number of rotatable bonds is 5. The molecule has 0 radical (unpaired) electrons. The predicted octanol–water partition coefficient (Wildman–Crippen LogP) is 4.00. The second kappa shape index (κ2) is 12.5. The first kappa shape index (κ1) is 28.3. The molecule has 0 spiro atoms. The number of nitrogens with zero attached hydrogens (tertiary/aromatic N) is 9. The monoisotopic (exact) mass is 591 g/mol. The molecule has 1 saturated heterocycles. The van der Waals surface area contributed by atoms with Crippen LogP contribution < -0.4 is 10.5 Å². The van der Waals surface area contributed by atoms with E-state index < -0.39 is 0 Å².